The highest BCUT2D eigenvalue weighted by Crippen LogP contribution is 2.34. The molecule has 2 aromatic carbocycles. The van der Waals surface area contributed by atoms with Gasteiger partial charge in [-0.05, 0) is 43.4 Å². The van der Waals surface area contributed by atoms with Crippen LogP contribution in [0.15, 0.2) is 36.4 Å². The zero-order valence-corrected chi connectivity index (χ0v) is 20.2. The monoisotopic (exact) mass is 504 g/mol. The van der Waals surface area contributed by atoms with E-state index in [0.29, 0.717) is 30.6 Å². The lowest BCUT2D eigenvalue weighted by atomic mass is 9.91. The van der Waals surface area contributed by atoms with Crippen LogP contribution in [0.5, 0.6) is 0 Å². The van der Waals surface area contributed by atoms with Gasteiger partial charge in [0.2, 0.25) is 0 Å². The summed E-state index contributed by atoms with van der Waals surface area (Å²) in [7, 11) is 0. The van der Waals surface area contributed by atoms with Gasteiger partial charge in [0.15, 0.2) is 6.10 Å². The number of nitrogens with zero attached hydrogens (tertiary/aromatic N) is 3. The van der Waals surface area contributed by atoms with Crippen molar-refractivity contribution in [3.05, 3.63) is 67.2 Å². The first-order valence-electron chi connectivity index (χ1n) is 11.0. The Bertz CT molecular complexity index is 1160. The van der Waals surface area contributed by atoms with E-state index in [1.165, 1.54) is 31.2 Å². The summed E-state index contributed by atoms with van der Waals surface area (Å²) in [6.45, 7) is 6.87. The summed E-state index contributed by atoms with van der Waals surface area (Å²) in [6.07, 6.45) is -0.226. The molecule has 0 bridgehead atoms. The Balaban J connectivity index is 1.72. The molecular weight excluding hydrogens is 480 g/mol. The molecule has 1 saturated heterocycles. The van der Waals surface area contributed by atoms with E-state index in [1.807, 2.05) is 4.90 Å². The smallest absolute Gasteiger partial charge is 0.339 e. The lowest BCUT2D eigenvalue weighted by Crippen LogP contribution is -2.39. The van der Waals surface area contributed by atoms with Gasteiger partial charge in [-0.25, -0.2) is 4.79 Å². The van der Waals surface area contributed by atoms with Gasteiger partial charge in [-0.15, -0.1) is 0 Å². The lowest BCUT2D eigenvalue weighted by molar-refractivity contribution is -0.384. The van der Waals surface area contributed by atoms with Gasteiger partial charge in [-0.2, -0.15) is 0 Å². The molecule has 0 aliphatic carbocycles. The number of amides is 1. The minimum atomic E-state index is -1.27. The van der Waals surface area contributed by atoms with E-state index in [1.54, 1.807) is 0 Å². The van der Waals surface area contributed by atoms with Crippen LogP contribution in [0.1, 0.15) is 37.6 Å². The second-order valence-corrected chi connectivity index (χ2v) is 9.18. The maximum atomic E-state index is 12.6. The van der Waals surface area contributed by atoms with Crippen molar-refractivity contribution in [2.24, 2.45) is 11.8 Å². The number of hydrogen-bond donors (Lipinski definition) is 1. The number of esters is 1. The van der Waals surface area contributed by atoms with E-state index in [2.05, 4.69) is 19.2 Å². The molecule has 1 aliphatic rings. The first kappa shape index (κ1) is 25.9. The van der Waals surface area contributed by atoms with Crippen LogP contribution < -0.4 is 10.2 Å². The van der Waals surface area contributed by atoms with Crippen molar-refractivity contribution in [2.75, 3.05) is 23.3 Å². The second kappa shape index (κ2) is 10.7. The number of rotatable bonds is 7. The highest BCUT2D eigenvalue weighted by molar-refractivity contribution is 6.34. The van der Waals surface area contributed by atoms with E-state index >= 15 is 0 Å². The average Bonchev–Trinajstić information content (AvgIpc) is 2.78. The highest BCUT2D eigenvalue weighted by Gasteiger charge is 2.29. The normalized spacial score (nSPS) is 18.5. The molecule has 186 valence electrons. The Hall–Kier alpha value is -3.73. The number of carbonyl (C=O) groups excluding carboxylic acids is 2. The summed E-state index contributed by atoms with van der Waals surface area (Å²) in [4.78, 5) is 48.4. The molecule has 12 heteroatoms. The van der Waals surface area contributed by atoms with Crippen molar-refractivity contribution in [3.8, 4) is 0 Å². The van der Waals surface area contributed by atoms with Crippen LogP contribution in [0.3, 0.4) is 0 Å². The third kappa shape index (κ3) is 6.24. The van der Waals surface area contributed by atoms with Crippen molar-refractivity contribution in [3.63, 3.8) is 0 Å². The first-order chi connectivity index (χ1) is 16.5. The summed E-state index contributed by atoms with van der Waals surface area (Å²) in [5.74, 6) is -0.868. The fraction of sp³-hybridized carbons (Fsp3) is 0.391. The molecule has 1 aliphatic heterocycles. The van der Waals surface area contributed by atoms with Crippen LogP contribution in [0.4, 0.5) is 22.7 Å². The zero-order valence-electron chi connectivity index (χ0n) is 19.4. The number of nitro benzene ring substituents is 2. The molecule has 1 amide bonds. The van der Waals surface area contributed by atoms with Crippen LogP contribution >= 0.6 is 11.6 Å². The Morgan fingerprint density at radius 1 is 1.09 bits per heavy atom. The molecule has 1 heterocycles. The molecule has 0 saturated carbocycles. The lowest BCUT2D eigenvalue weighted by Gasteiger charge is -2.36. The van der Waals surface area contributed by atoms with E-state index in [9.17, 15) is 29.8 Å². The quantitative estimate of drug-likeness (QED) is 0.321. The van der Waals surface area contributed by atoms with Gasteiger partial charge in [0.25, 0.3) is 17.3 Å². The summed E-state index contributed by atoms with van der Waals surface area (Å²) in [6, 6.07) is 7.63. The van der Waals surface area contributed by atoms with Crippen LogP contribution in [0.25, 0.3) is 0 Å². The van der Waals surface area contributed by atoms with Gasteiger partial charge in [0.05, 0.1) is 26.1 Å². The minimum absolute atomic E-state index is 0.0568. The highest BCUT2D eigenvalue weighted by atomic mass is 35.5. The Morgan fingerprint density at radius 2 is 1.74 bits per heavy atom. The Kier molecular flexibility index (Phi) is 7.90. The molecule has 1 N–H and O–H groups in total. The fourth-order valence-electron chi connectivity index (χ4n) is 4.16. The minimum Gasteiger partial charge on any atom is -0.449 e. The number of nitrogens with one attached hydrogen (secondary N) is 1. The third-order valence-electron chi connectivity index (χ3n) is 5.69. The van der Waals surface area contributed by atoms with Crippen LogP contribution in [0, 0.1) is 32.1 Å². The number of piperidine rings is 1. The number of benzene rings is 2. The molecule has 0 aromatic heterocycles. The van der Waals surface area contributed by atoms with Gasteiger partial charge >= 0.3 is 5.97 Å². The van der Waals surface area contributed by atoms with Crippen molar-refractivity contribution >= 4 is 46.2 Å². The van der Waals surface area contributed by atoms with E-state index < -0.39 is 27.8 Å². The summed E-state index contributed by atoms with van der Waals surface area (Å²) >= 11 is 5.97. The predicted octanol–water partition coefficient (Wildman–Crippen LogP) is 4.82. The fourth-order valence-corrected chi connectivity index (χ4v) is 4.38. The van der Waals surface area contributed by atoms with Gasteiger partial charge < -0.3 is 15.0 Å². The van der Waals surface area contributed by atoms with Crippen LogP contribution in [-0.2, 0) is 9.53 Å². The molecule has 3 atom stereocenters. The van der Waals surface area contributed by atoms with Gasteiger partial charge in [0, 0.05) is 31.3 Å². The average molecular weight is 505 g/mol. The number of halogens is 1. The topological polar surface area (TPSA) is 145 Å². The molecular formula is C23H25ClN4O7. The Labute approximate surface area is 206 Å². The van der Waals surface area contributed by atoms with Crippen molar-refractivity contribution < 1.29 is 24.2 Å². The Morgan fingerprint density at radius 3 is 2.31 bits per heavy atom. The molecule has 35 heavy (non-hydrogen) atoms. The maximum Gasteiger partial charge on any atom is 0.339 e. The van der Waals surface area contributed by atoms with Crippen LogP contribution in [0.2, 0.25) is 5.02 Å². The number of carbonyl (C=O) groups is 2. The van der Waals surface area contributed by atoms with E-state index in [-0.39, 0.29) is 27.6 Å². The summed E-state index contributed by atoms with van der Waals surface area (Å²) in [5.41, 5.74) is 0.0202. The van der Waals surface area contributed by atoms with Crippen molar-refractivity contribution in [1.82, 2.24) is 0 Å². The molecule has 3 rings (SSSR count). The molecule has 11 nitrogen and oxygen atoms in total. The SMILES string of the molecule is CC1CC(C)CN(c2ccc(C(=O)OC(C)C(=O)Nc3ccc([N+](=O)[O-])cc3Cl)cc2[N+](=O)[O-])C1. The molecule has 0 radical (unpaired) electrons. The standard InChI is InChI=1S/C23H25ClN4O7/c1-13-8-14(2)12-26(11-13)20-7-4-16(9-21(20)28(33)34)23(30)35-15(3)22(29)25-19-6-5-17(27(31)32)10-18(19)24/h4-7,9-10,13-15H,8,11-12H2,1-3H3,(H,25,29). The van der Waals surface area contributed by atoms with Gasteiger partial charge in [-0.1, -0.05) is 25.4 Å². The summed E-state index contributed by atoms with van der Waals surface area (Å²) < 4.78 is 5.19. The molecule has 3 unspecified atom stereocenters. The number of hydrogen-bond acceptors (Lipinski definition) is 8. The zero-order chi connectivity index (χ0) is 25.9. The molecule has 1 fully saturated rings. The number of nitro groups is 2. The molecule has 0 spiro atoms. The summed E-state index contributed by atoms with van der Waals surface area (Å²) in [5, 5.41) is 24.9. The van der Waals surface area contributed by atoms with Gasteiger partial charge in [-0.3, -0.25) is 25.0 Å². The van der Waals surface area contributed by atoms with Crippen molar-refractivity contribution in [1.29, 1.82) is 0 Å². The van der Waals surface area contributed by atoms with Crippen molar-refractivity contribution in [2.45, 2.75) is 33.3 Å². The second-order valence-electron chi connectivity index (χ2n) is 8.77. The molecule has 2 aromatic rings. The third-order valence-corrected chi connectivity index (χ3v) is 6.00. The van der Waals surface area contributed by atoms with Crippen LogP contribution in [-0.4, -0.2) is 40.9 Å². The number of non-ortho nitro benzene ring substituents is 1. The number of anilines is 2. The van der Waals surface area contributed by atoms with Gasteiger partial charge in [0.1, 0.15) is 5.69 Å². The maximum absolute atomic E-state index is 12.6. The first-order valence-corrected chi connectivity index (χ1v) is 11.3. The predicted molar refractivity (Wildman–Crippen MR) is 130 cm³/mol. The largest absolute Gasteiger partial charge is 0.449 e. The van der Waals surface area contributed by atoms with E-state index in [4.69, 9.17) is 16.3 Å². The number of ether oxygens (including phenoxy) is 1. The van der Waals surface area contributed by atoms with E-state index in [0.717, 1.165) is 18.6 Å².